The van der Waals surface area contributed by atoms with Crippen LogP contribution in [-0.2, 0) is 9.59 Å². The zero-order valence-corrected chi connectivity index (χ0v) is 9.27. The summed E-state index contributed by atoms with van der Waals surface area (Å²) in [5, 5.41) is 23.4. The first-order valence-electron chi connectivity index (χ1n) is 5.44. The van der Waals surface area contributed by atoms with Crippen LogP contribution >= 0.6 is 0 Å². The molecule has 1 aliphatic heterocycles. The number of hydrogen-bond donors (Lipinski definition) is 4. The molecule has 0 saturated carbocycles. The van der Waals surface area contributed by atoms with Crippen LogP contribution < -0.4 is 10.6 Å². The quantitative estimate of drug-likeness (QED) is 0.489. The molecule has 1 heterocycles. The Morgan fingerprint density at radius 1 is 1.56 bits per heavy atom. The Hall–Kier alpha value is -1.14. The van der Waals surface area contributed by atoms with Crippen LogP contribution in [0.5, 0.6) is 0 Å². The lowest BCUT2D eigenvalue weighted by atomic mass is 10.1. The third kappa shape index (κ3) is 3.79. The minimum atomic E-state index is -1.23. The fourth-order valence-corrected chi connectivity index (χ4v) is 1.78. The van der Waals surface area contributed by atoms with Crippen LogP contribution in [0.2, 0.25) is 0 Å². The molecule has 0 aromatic carbocycles. The second-order valence-electron chi connectivity index (χ2n) is 4.12. The highest BCUT2D eigenvalue weighted by Crippen LogP contribution is 2.08. The number of carboxylic acids is 1. The van der Waals surface area contributed by atoms with Crippen LogP contribution in [0.15, 0.2) is 0 Å². The molecule has 0 bridgehead atoms. The number of aliphatic carboxylic acids is 1. The molecule has 1 amide bonds. The topological polar surface area (TPSA) is 98.7 Å². The maximum absolute atomic E-state index is 11.5. The van der Waals surface area contributed by atoms with Crippen LogP contribution in [0.4, 0.5) is 0 Å². The van der Waals surface area contributed by atoms with Crippen molar-refractivity contribution in [1.29, 1.82) is 0 Å². The van der Waals surface area contributed by atoms with E-state index in [1.807, 2.05) is 0 Å². The van der Waals surface area contributed by atoms with E-state index in [4.69, 9.17) is 5.11 Å². The fourth-order valence-electron chi connectivity index (χ4n) is 1.78. The number of carbonyl (C=O) groups is 2. The summed E-state index contributed by atoms with van der Waals surface area (Å²) in [4.78, 5) is 22.2. The number of aliphatic hydroxyl groups excluding tert-OH is 1. The van der Waals surface area contributed by atoms with Crippen molar-refractivity contribution in [2.24, 2.45) is 0 Å². The lowest BCUT2D eigenvalue weighted by molar-refractivity contribution is -0.144. The molecule has 6 nitrogen and oxygen atoms in total. The predicted molar refractivity (Wildman–Crippen MR) is 56.9 cm³/mol. The highest BCUT2D eigenvalue weighted by atomic mass is 16.4. The summed E-state index contributed by atoms with van der Waals surface area (Å²) in [5.74, 6) is -1.56. The van der Waals surface area contributed by atoms with Gasteiger partial charge in [0, 0.05) is 12.5 Å². The summed E-state index contributed by atoms with van der Waals surface area (Å²) in [6, 6.07) is -1.10. The van der Waals surface area contributed by atoms with Crippen LogP contribution in [0.25, 0.3) is 0 Å². The van der Waals surface area contributed by atoms with Gasteiger partial charge in [-0.2, -0.15) is 0 Å². The van der Waals surface area contributed by atoms with Crippen molar-refractivity contribution in [2.75, 3.05) is 6.54 Å². The monoisotopic (exact) mass is 230 g/mol. The molecule has 1 rings (SSSR count). The third-order valence-corrected chi connectivity index (χ3v) is 2.66. The molecule has 0 aromatic heterocycles. The molecule has 92 valence electrons. The van der Waals surface area contributed by atoms with Gasteiger partial charge in [-0.15, -0.1) is 0 Å². The lowest BCUT2D eigenvalue weighted by Crippen LogP contribution is -2.48. The first kappa shape index (κ1) is 12.9. The summed E-state index contributed by atoms with van der Waals surface area (Å²) in [7, 11) is 0. The second kappa shape index (κ2) is 5.81. The van der Waals surface area contributed by atoms with E-state index in [2.05, 4.69) is 10.6 Å². The molecule has 3 atom stereocenters. The number of carbonyl (C=O) groups excluding carboxylic acids is 1. The molecule has 0 aliphatic carbocycles. The van der Waals surface area contributed by atoms with Crippen molar-refractivity contribution in [3.63, 3.8) is 0 Å². The molecule has 16 heavy (non-hydrogen) atoms. The van der Waals surface area contributed by atoms with Gasteiger partial charge in [0.05, 0.1) is 6.10 Å². The van der Waals surface area contributed by atoms with Crippen molar-refractivity contribution in [1.82, 2.24) is 10.6 Å². The molecule has 1 aliphatic rings. The van der Waals surface area contributed by atoms with Gasteiger partial charge in [-0.05, 0) is 26.3 Å². The largest absolute Gasteiger partial charge is 0.480 e. The molecule has 0 spiro atoms. The SMILES string of the molecule is C[C@@H](O)[C@H](NC(=O)CC1CCCN1)C(=O)O. The van der Waals surface area contributed by atoms with Crippen LogP contribution in [-0.4, -0.2) is 46.8 Å². The predicted octanol–water partition coefficient (Wildman–Crippen LogP) is -0.921. The zero-order valence-electron chi connectivity index (χ0n) is 9.27. The molecule has 4 N–H and O–H groups in total. The summed E-state index contributed by atoms with van der Waals surface area (Å²) in [5.41, 5.74) is 0. The molecule has 1 unspecified atom stereocenters. The maximum Gasteiger partial charge on any atom is 0.328 e. The minimum absolute atomic E-state index is 0.128. The summed E-state index contributed by atoms with van der Waals surface area (Å²) in [6.07, 6.45) is 1.13. The van der Waals surface area contributed by atoms with E-state index in [-0.39, 0.29) is 18.4 Å². The Balaban J connectivity index is 2.38. The Morgan fingerprint density at radius 3 is 2.69 bits per heavy atom. The smallest absolute Gasteiger partial charge is 0.328 e. The maximum atomic E-state index is 11.5. The van der Waals surface area contributed by atoms with Crippen molar-refractivity contribution in [2.45, 2.75) is 44.4 Å². The van der Waals surface area contributed by atoms with Crippen molar-refractivity contribution in [3.05, 3.63) is 0 Å². The average molecular weight is 230 g/mol. The number of carboxylic acid groups (broad SMARTS) is 1. The summed E-state index contributed by atoms with van der Waals surface area (Å²) in [6.45, 7) is 2.24. The molecule has 6 heteroatoms. The van der Waals surface area contributed by atoms with E-state index in [1.54, 1.807) is 0 Å². The number of amides is 1. The van der Waals surface area contributed by atoms with Gasteiger partial charge in [0.15, 0.2) is 6.04 Å². The van der Waals surface area contributed by atoms with Gasteiger partial charge < -0.3 is 20.8 Å². The van der Waals surface area contributed by atoms with E-state index in [0.717, 1.165) is 19.4 Å². The van der Waals surface area contributed by atoms with Gasteiger partial charge in [-0.3, -0.25) is 4.79 Å². The first-order valence-corrected chi connectivity index (χ1v) is 5.44. The van der Waals surface area contributed by atoms with Gasteiger partial charge in [0.2, 0.25) is 5.91 Å². The molecule has 0 aromatic rings. The standard InChI is InChI=1S/C10H18N2O4/c1-6(13)9(10(15)16)12-8(14)5-7-3-2-4-11-7/h6-7,9,11,13H,2-5H2,1H3,(H,12,14)(H,15,16)/t6-,7?,9+/m1/s1. The normalized spacial score (nSPS) is 23.8. The molecular formula is C10H18N2O4. The Kier molecular flexibility index (Phi) is 4.70. The zero-order chi connectivity index (χ0) is 12.1. The van der Waals surface area contributed by atoms with E-state index in [9.17, 15) is 14.7 Å². The Morgan fingerprint density at radius 2 is 2.25 bits per heavy atom. The average Bonchev–Trinajstić information content (AvgIpc) is 2.65. The van der Waals surface area contributed by atoms with E-state index >= 15 is 0 Å². The molecular weight excluding hydrogens is 212 g/mol. The van der Waals surface area contributed by atoms with Crippen LogP contribution in [0.1, 0.15) is 26.2 Å². The molecule has 1 saturated heterocycles. The van der Waals surface area contributed by atoms with Crippen molar-refractivity contribution >= 4 is 11.9 Å². The van der Waals surface area contributed by atoms with Gasteiger partial charge in [-0.1, -0.05) is 0 Å². The van der Waals surface area contributed by atoms with Crippen molar-refractivity contribution in [3.8, 4) is 0 Å². The van der Waals surface area contributed by atoms with Crippen molar-refractivity contribution < 1.29 is 19.8 Å². The summed E-state index contributed by atoms with van der Waals surface area (Å²) < 4.78 is 0. The molecule has 1 fully saturated rings. The number of hydrogen-bond acceptors (Lipinski definition) is 4. The summed E-state index contributed by atoms with van der Waals surface area (Å²) >= 11 is 0. The van der Waals surface area contributed by atoms with Gasteiger partial charge in [-0.25, -0.2) is 4.79 Å². The molecule has 0 radical (unpaired) electrons. The van der Waals surface area contributed by atoms with Gasteiger partial charge in [0.1, 0.15) is 0 Å². The number of aliphatic hydroxyl groups is 1. The van der Waals surface area contributed by atoms with Gasteiger partial charge in [0.25, 0.3) is 0 Å². The highest BCUT2D eigenvalue weighted by Gasteiger charge is 2.26. The van der Waals surface area contributed by atoms with E-state index < -0.39 is 18.1 Å². The Labute approximate surface area is 94.0 Å². The number of nitrogens with one attached hydrogen (secondary N) is 2. The third-order valence-electron chi connectivity index (χ3n) is 2.66. The first-order chi connectivity index (χ1) is 7.50. The second-order valence-corrected chi connectivity index (χ2v) is 4.12. The fraction of sp³-hybridized carbons (Fsp3) is 0.800. The lowest BCUT2D eigenvalue weighted by Gasteiger charge is -2.18. The minimum Gasteiger partial charge on any atom is -0.480 e. The van der Waals surface area contributed by atoms with Gasteiger partial charge >= 0.3 is 5.97 Å². The van der Waals surface area contributed by atoms with Crippen LogP contribution in [0, 0.1) is 0 Å². The Bertz CT molecular complexity index is 262. The highest BCUT2D eigenvalue weighted by molar-refractivity contribution is 5.84. The van der Waals surface area contributed by atoms with E-state index in [0.29, 0.717) is 0 Å². The van der Waals surface area contributed by atoms with Crippen LogP contribution in [0.3, 0.4) is 0 Å². The van der Waals surface area contributed by atoms with E-state index in [1.165, 1.54) is 6.92 Å². The number of rotatable bonds is 5.